The van der Waals surface area contributed by atoms with Crippen molar-refractivity contribution in [3.63, 3.8) is 0 Å². The van der Waals surface area contributed by atoms with Gasteiger partial charge in [-0.25, -0.2) is 8.42 Å². The zero-order chi connectivity index (χ0) is 24.6. The molecule has 0 bridgehead atoms. The molecule has 5 unspecified atom stereocenters. The lowest BCUT2D eigenvalue weighted by Crippen LogP contribution is -2.57. The smallest absolute Gasteiger partial charge is 0.284 e. The third-order valence-electron chi connectivity index (χ3n) is 4.67. The Bertz CT molecular complexity index is 1240. The number of aliphatic hydroxyl groups excluding tert-OH is 4. The van der Waals surface area contributed by atoms with Crippen LogP contribution in [0.5, 0.6) is 0 Å². The Morgan fingerprint density at radius 2 is 1.79 bits per heavy atom. The normalized spacial score (nSPS) is 27.1. The van der Waals surface area contributed by atoms with Gasteiger partial charge < -0.3 is 34.3 Å². The summed E-state index contributed by atoms with van der Waals surface area (Å²) >= 11 is 0.490. The molecule has 5 atom stereocenters. The quantitative estimate of drug-likeness (QED) is 0.0989. The highest BCUT2D eigenvalue weighted by molar-refractivity contribution is 8.14. The Labute approximate surface area is 191 Å². The number of para-hydroxylation sites is 1. The standard InChI is InChI=1S/C16H20N2O12S3/c19-7-11-13(20)14(21)15(22)16(29-11)31-12(17-30-33(26,27)28)5-8-6-18(32(23,24)25)10-4-2-1-3-9(8)10/h1-4,6,11,13-16,19-22H,5,7H2,(H,23,24,25)(H,26,27,28)/p-2. The Hall–Kier alpha value is -1.80. The van der Waals surface area contributed by atoms with Crippen LogP contribution in [0.15, 0.2) is 35.6 Å². The fourth-order valence-electron chi connectivity index (χ4n) is 3.19. The van der Waals surface area contributed by atoms with Crippen LogP contribution in [0.1, 0.15) is 5.56 Å². The van der Waals surface area contributed by atoms with Crippen molar-refractivity contribution in [1.29, 1.82) is 0 Å². The van der Waals surface area contributed by atoms with Crippen molar-refractivity contribution >= 4 is 48.4 Å². The number of ether oxygens (including phenoxy) is 1. The van der Waals surface area contributed by atoms with Gasteiger partial charge in [0.25, 0.3) is 10.4 Å². The van der Waals surface area contributed by atoms with Crippen molar-refractivity contribution in [2.75, 3.05) is 6.61 Å². The Morgan fingerprint density at radius 3 is 2.39 bits per heavy atom. The lowest BCUT2D eigenvalue weighted by Gasteiger charge is -2.39. The molecular weight excluding hydrogens is 508 g/mol. The van der Waals surface area contributed by atoms with Crippen molar-refractivity contribution < 1.29 is 55.4 Å². The van der Waals surface area contributed by atoms with Crippen LogP contribution in [0.3, 0.4) is 0 Å². The molecule has 1 fully saturated rings. The second-order valence-electron chi connectivity index (χ2n) is 6.88. The van der Waals surface area contributed by atoms with E-state index < -0.39 is 63.6 Å². The monoisotopic (exact) mass is 526 g/mol. The van der Waals surface area contributed by atoms with E-state index in [1.165, 1.54) is 18.2 Å². The SMILES string of the molecule is O=S(=O)([O-])ON=C(Cc1cn(S(=O)(=O)[O-])c2ccccc12)SC1OC(CO)C(O)C(O)C1O. The van der Waals surface area contributed by atoms with Gasteiger partial charge in [0.1, 0.15) is 34.9 Å². The molecule has 33 heavy (non-hydrogen) atoms. The van der Waals surface area contributed by atoms with E-state index >= 15 is 0 Å². The van der Waals surface area contributed by atoms with Crippen LogP contribution in [0.2, 0.25) is 0 Å². The van der Waals surface area contributed by atoms with Crippen LogP contribution in [0, 0.1) is 0 Å². The van der Waals surface area contributed by atoms with E-state index in [1.54, 1.807) is 6.07 Å². The van der Waals surface area contributed by atoms with E-state index in [1.807, 2.05) is 0 Å². The first-order valence-corrected chi connectivity index (χ1v) is 12.6. The minimum absolute atomic E-state index is 0.0251. The van der Waals surface area contributed by atoms with E-state index in [0.717, 1.165) is 6.20 Å². The van der Waals surface area contributed by atoms with Crippen LogP contribution in [-0.4, -0.2) is 91.8 Å². The molecule has 1 saturated heterocycles. The number of rotatable bonds is 7. The fourth-order valence-corrected chi connectivity index (χ4v) is 5.16. The van der Waals surface area contributed by atoms with Gasteiger partial charge in [-0.1, -0.05) is 35.1 Å². The zero-order valence-corrected chi connectivity index (χ0v) is 18.8. The number of nitrogens with zero attached hydrogens (tertiary/aromatic N) is 2. The van der Waals surface area contributed by atoms with Crippen LogP contribution in [0.25, 0.3) is 10.9 Å². The highest BCUT2D eigenvalue weighted by Gasteiger charge is 2.44. The van der Waals surface area contributed by atoms with Crippen molar-refractivity contribution in [3.05, 3.63) is 36.0 Å². The lowest BCUT2D eigenvalue weighted by atomic mass is 10.0. The van der Waals surface area contributed by atoms with Gasteiger partial charge in [-0.2, -0.15) is 8.42 Å². The molecule has 2 aromatic rings. The van der Waals surface area contributed by atoms with Gasteiger partial charge >= 0.3 is 0 Å². The highest BCUT2D eigenvalue weighted by Crippen LogP contribution is 2.32. The number of hydrogen-bond acceptors (Lipinski definition) is 14. The van der Waals surface area contributed by atoms with Crippen molar-refractivity contribution in [3.8, 4) is 0 Å². The number of hydrogen-bond donors (Lipinski definition) is 4. The largest absolute Gasteiger partial charge is 0.731 e. The summed E-state index contributed by atoms with van der Waals surface area (Å²) < 4.78 is 77.1. The number of benzene rings is 1. The fraction of sp³-hybridized carbons (Fsp3) is 0.438. The summed E-state index contributed by atoms with van der Waals surface area (Å²) in [6.07, 6.45) is -5.82. The summed E-state index contributed by atoms with van der Waals surface area (Å²) in [5.74, 6) is 0. The van der Waals surface area contributed by atoms with Crippen molar-refractivity contribution in [2.24, 2.45) is 5.16 Å². The summed E-state index contributed by atoms with van der Waals surface area (Å²) in [4.78, 5) is 0. The van der Waals surface area contributed by atoms with Crippen LogP contribution in [0.4, 0.5) is 0 Å². The summed E-state index contributed by atoms with van der Waals surface area (Å²) in [6.45, 7) is -0.727. The maximum atomic E-state index is 11.6. The maximum Gasteiger partial charge on any atom is 0.284 e. The van der Waals surface area contributed by atoms with Crippen LogP contribution >= 0.6 is 11.8 Å². The number of fused-ring (bicyclic) bond motifs is 1. The molecule has 14 nitrogen and oxygen atoms in total. The second-order valence-corrected chi connectivity index (χ2v) is 10.3. The molecule has 0 amide bonds. The zero-order valence-electron chi connectivity index (χ0n) is 16.4. The van der Waals surface area contributed by atoms with Gasteiger partial charge in [0.2, 0.25) is 0 Å². The minimum atomic E-state index is -5.30. The van der Waals surface area contributed by atoms with Crippen molar-refractivity contribution in [2.45, 2.75) is 36.3 Å². The van der Waals surface area contributed by atoms with E-state index in [9.17, 15) is 46.4 Å². The summed E-state index contributed by atoms with van der Waals surface area (Å²) in [5, 5.41) is 42.5. The first-order chi connectivity index (χ1) is 15.3. The molecule has 184 valence electrons. The van der Waals surface area contributed by atoms with E-state index in [4.69, 9.17) is 4.74 Å². The molecule has 1 aliphatic heterocycles. The molecule has 2 heterocycles. The summed E-state index contributed by atoms with van der Waals surface area (Å²) in [7, 11) is -10.2. The van der Waals surface area contributed by atoms with E-state index in [-0.39, 0.29) is 21.5 Å². The van der Waals surface area contributed by atoms with Gasteiger partial charge in [0, 0.05) is 18.0 Å². The maximum absolute atomic E-state index is 11.6. The van der Waals surface area contributed by atoms with Gasteiger partial charge in [0.15, 0.2) is 10.3 Å². The van der Waals surface area contributed by atoms with Gasteiger partial charge in [-0.05, 0) is 11.6 Å². The third-order valence-corrected chi connectivity index (χ3v) is 6.83. The average Bonchev–Trinajstić information content (AvgIpc) is 3.11. The Morgan fingerprint density at radius 1 is 1.12 bits per heavy atom. The molecule has 1 aromatic carbocycles. The molecule has 1 aromatic heterocycles. The molecule has 17 heteroatoms. The number of aliphatic hydroxyl groups is 4. The predicted octanol–water partition coefficient (Wildman–Crippen LogP) is -2.18. The van der Waals surface area contributed by atoms with Crippen molar-refractivity contribution in [1.82, 2.24) is 3.97 Å². The molecule has 0 radical (unpaired) electrons. The number of thioether (sulfide) groups is 1. The molecule has 1 aliphatic rings. The lowest BCUT2D eigenvalue weighted by molar-refractivity contribution is -0.205. The molecule has 4 N–H and O–H groups in total. The summed E-state index contributed by atoms with van der Waals surface area (Å²) in [5.41, 5.74) is -1.22. The van der Waals surface area contributed by atoms with Crippen LogP contribution in [-0.2, 0) is 36.1 Å². The summed E-state index contributed by atoms with van der Waals surface area (Å²) in [6, 6.07) is 5.87. The third kappa shape index (κ3) is 6.01. The first kappa shape index (κ1) is 25.8. The molecular formula is C16H18N2O12S3-2. The van der Waals surface area contributed by atoms with Gasteiger partial charge in [-0.15, -0.1) is 0 Å². The molecule has 3 rings (SSSR count). The van der Waals surface area contributed by atoms with Gasteiger partial charge in [0.05, 0.1) is 12.1 Å². The van der Waals surface area contributed by atoms with Crippen LogP contribution < -0.4 is 0 Å². The highest BCUT2D eigenvalue weighted by atomic mass is 32.3. The Kier molecular flexibility index (Phi) is 7.68. The molecule has 0 saturated carbocycles. The van der Waals surface area contributed by atoms with E-state index in [0.29, 0.717) is 15.7 Å². The van der Waals surface area contributed by atoms with Gasteiger partial charge in [-0.3, -0.25) is 8.26 Å². The predicted molar refractivity (Wildman–Crippen MR) is 110 cm³/mol. The van der Waals surface area contributed by atoms with E-state index in [2.05, 4.69) is 9.44 Å². The molecule has 0 aliphatic carbocycles. The number of aromatic nitrogens is 1. The first-order valence-electron chi connectivity index (χ1n) is 9.05. The Balaban J connectivity index is 1.98. The minimum Gasteiger partial charge on any atom is -0.731 e. The number of oxime groups is 1. The average molecular weight is 527 g/mol. The second kappa shape index (κ2) is 9.82. The molecule has 0 spiro atoms. The topological polar surface area (TPSA) is 231 Å².